The fourth-order valence-electron chi connectivity index (χ4n) is 2.83. The lowest BCUT2D eigenvalue weighted by Crippen LogP contribution is -2.30. The third kappa shape index (κ3) is 3.10. The molecular formula is C16H16FN3O2S. The average Bonchev–Trinajstić information content (AvgIpc) is 3.05. The first-order chi connectivity index (χ1) is 11.0. The SMILES string of the molecule is Cc1cnc(NC(=O)C2CC(=O)N(C)C2c2ccc(F)cc2)s1. The Morgan fingerprint density at radius 3 is 2.70 bits per heavy atom. The van der Waals surface area contributed by atoms with Gasteiger partial charge in [0.1, 0.15) is 5.82 Å². The topological polar surface area (TPSA) is 62.3 Å². The number of nitrogens with zero attached hydrogens (tertiary/aromatic N) is 2. The predicted molar refractivity (Wildman–Crippen MR) is 85.5 cm³/mol. The second-order valence-corrected chi connectivity index (χ2v) is 6.81. The molecule has 1 aromatic carbocycles. The molecule has 7 heteroatoms. The number of benzene rings is 1. The highest BCUT2D eigenvalue weighted by Crippen LogP contribution is 2.37. The molecule has 0 bridgehead atoms. The van der Waals surface area contributed by atoms with Crippen LogP contribution in [0, 0.1) is 18.7 Å². The number of nitrogens with one attached hydrogen (secondary N) is 1. The molecule has 2 unspecified atom stereocenters. The molecule has 0 radical (unpaired) electrons. The van der Waals surface area contributed by atoms with Crippen LogP contribution in [0.2, 0.25) is 0 Å². The van der Waals surface area contributed by atoms with Crippen LogP contribution in [-0.4, -0.2) is 28.7 Å². The van der Waals surface area contributed by atoms with E-state index in [0.29, 0.717) is 5.13 Å². The highest BCUT2D eigenvalue weighted by Gasteiger charge is 2.42. The fourth-order valence-corrected chi connectivity index (χ4v) is 3.50. The highest BCUT2D eigenvalue weighted by atomic mass is 32.1. The van der Waals surface area contributed by atoms with Crippen LogP contribution >= 0.6 is 11.3 Å². The first-order valence-corrected chi connectivity index (χ1v) is 8.02. The Morgan fingerprint density at radius 1 is 1.39 bits per heavy atom. The van der Waals surface area contributed by atoms with Crippen molar-refractivity contribution in [2.45, 2.75) is 19.4 Å². The van der Waals surface area contributed by atoms with Gasteiger partial charge in [-0.15, -0.1) is 11.3 Å². The van der Waals surface area contributed by atoms with Crippen LogP contribution in [0.4, 0.5) is 9.52 Å². The van der Waals surface area contributed by atoms with Crippen molar-refractivity contribution in [2.75, 3.05) is 12.4 Å². The molecule has 0 saturated carbocycles. The van der Waals surface area contributed by atoms with Crippen LogP contribution in [-0.2, 0) is 9.59 Å². The zero-order valence-corrected chi connectivity index (χ0v) is 13.6. The van der Waals surface area contributed by atoms with E-state index in [1.54, 1.807) is 30.3 Å². The van der Waals surface area contributed by atoms with Gasteiger partial charge in [0.2, 0.25) is 11.8 Å². The van der Waals surface area contributed by atoms with Crippen LogP contribution < -0.4 is 5.32 Å². The van der Waals surface area contributed by atoms with Gasteiger partial charge in [0.25, 0.3) is 0 Å². The zero-order chi connectivity index (χ0) is 16.6. The van der Waals surface area contributed by atoms with E-state index in [1.165, 1.54) is 23.5 Å². The van der Waals surface area contributed by atoms with Gasteiger partial charge >= 0.3 is 0 Å². The van der Waals surface area contributed by atoms with Crippen molar-refractivity contribution < 1.29 is 14.0 Å². The van der Waals surface area contributed by atoms with Gasteiger partial charge < -0.3 is 10.2 Å². The van der Waals surface area contributed by atoms with Crippen LogP contribution in [0.3, 0.4) is 0 Å². The molecule has 2 atom stereocenters. The molecule has 0 spiro atoms. The van der Waals surface area contributed by atoms with E-state index < -0.39 is 12.0 Å². The minimum absolute atomic E-state index is 0.102. The lowest BCUT2D eigenvalue weighted by atomic mass is 9.93. The van der Waals surface area contributed by atoms with Crippen molar-refractivity contribution in [3.63, 3.8) is 0 Å². The van der Waals surface area contributed by atoms with Crippen LogP contribution in [0.15, 0.2) is 30.5 Å². The van der Waals surface area contributed by atoms with Crippen molar-refractivity contribution in [3.8, 4) is 0 Å². The average molecular weight is 333 g/mol. The molecule has 2 aromatic rings. The van der Waals surface area contributed by atoms with E-state index in [1.807, 2.05) is 6.92 Å². The Balaban J connectivity index is 1.85. The van der Waals surface area contributed by atoms with Gasteiger partial charge in [0.05, 0.1) is 12.0 Å². The third-order valence-corrected chi connectivity index (χ3v) is 4.81. The van der Waals surface area contributed by atoms with Gasteiger partial charge in [-0.2, -0.15) is 0 Å². The van der Waals surface area contributed by atoms with Crippen molar-refractivity contribution in [2.24, 2.45) is 5.92 Å². The van der Waals surface area contributed by atoms with Gasteiger partial charge in [-0.05, 0) is 24.6 Å². The molecule has 1 aliphatic rings. The van der Waals surface area contributed by atoms with E-state index in [0.717, 1.165) is 10.4 Å². The predicted octanol–water partition coefficient (Wildman–Crippen LogP) is 2.75. The largest absolute Gasteiger partial charge is 0.338 e. The molecule has 5 nitrogen and oxygen atoms in total. The number of carbonyl (C=O) groups excluding carboxylic acids is 2. The maximum Gasteiger partial charge on any atom is 0.232 e. The second-order valence-electron chi connectivity index (χ2n) is 5.58. The molecule has 1 fully saturated rings. The maximum atomic E-state index is 13.1. The van der Waals surface area contributed by atoms with Crippen LogP contribution in [0.5, 0.6) is 0 Å². The Bertz CT molecular complexity index is 744. The summed E-state index contributed by atoms with van der Waals surface area (Å²) in [7, 11) is 1.66. The minimum atomic E-state index is -0.526. The summed E-state index contributed by atoms with van der Waals surface area (Å²) in [6, 6.07) is 5.51. The first-order valence-electron chi connectivity index (χ1n) is 7.20. The second kappa shape index (κ2) is 6.08. The molecule has 3 rings (SSSR count). The van der Waals surface area contributed by atoms with Crippen molar-refractivity contribution in [1.82, 2.24) is 9.88 Å². The Hall–Kier alpha value is -2.28. The van der Waals surface area contributed by atoms with E-state index in [-0.39, 0.29) is 24.1 Å². The van der Waals surface area contributed by atoms with Crippen molar-refractivity contribution >= 4 is 28.3 Å². The molecule has 1 N–H and O–H groups in total. The number of rotatable bonds is 3. The fraction of sp³-hybridized carbons (Fsp3) is 0.312. The van der Waals surface area contributed by atoms with Gasteiger partial charge in [-0.3, -0.25) is 9.59 Å². The summed E-state index contributed by atoms with van der Waals surface area (Å²) in [6.07, 6.45) is 1.82. The summed E-state index contributed by atoms with van der Waals surface area (Å²) < 4.78 is 13.1. The number of hydrogen-bond acceptors (Lipinski definition) is 4. The molecule has 120 valence electrons. The lowest BCUT2D eigenvalue weighted by molar-refractivity contribution is -0.127. The summed E-state index contributed by atoms with van der Waals surface area (Å²) >= 11 is 1.38. The van der Waals surface area contributed by atoms with E-state index in [9.17, 15) is 14.0 Å². The lowest BCUT2D eigenvalue weighted by Gasteiger charge is -2.24. The summed E-state index contributed by atoms with van der Waals surface area (Å²) in [5.41, 5.74) is 0.746. The monoisotopic (exact) mass is 333 g/mol. The number of aryl methyl sites for hydroxylation is 1. The number of halogens is 1. The highest BCUT2D eigenvalue weighted by molar-refractivity contribution is 7.15. The van der Waals surface area contributed by atoms with Crippen LogP contribution in [0.1, 0.15) is 22.9 Å². The maximum absolute atomic E-state index is 13.1. The number of hydrogen-bond donors (Lipinski definition) is 1. The third-order valence-electron chi connectivity index (χ3n) is 3.99. The van der Waals surface area contributed by atoms with Gasteiger partial charge in [0.15, 0.2) is 5.13 Å². The molecular weight excluding hydrogens is 317 g/mol. The van der Waals surface area contributed by atoms with E-state index in [4.69, 9.17) is 0 Å². The summed E-state index contributed by atoms with van der Waals surface area (Å²) in [4.78, 5) is 31.3. The quantitative estimate of drug-likeness (QED) is 0.939. The number of aromatic nitrogens is 1. The molecule has 2 amide bonds. The van der Waals surface area contributed by atoms with Gasteiger partial charge in [-0.25, -0.2) is 9.37 Å². The smallest absolute Gasteiger partial charge is 0.232 e. The Kier molecular flexibility index (Phi) is 4.12. The molecule has 0 aliphatic carbocycles. The summed E-state index contributed by atoms with van der Waals surface area (Å²) in [5.74, 6) is -1.22. The van der Waals surface area contributed by atoms with E-state index >= 15 is 0 Å². The van der Waals surface area contributed by atoms with Crippen molar-refractivity contribution in [1.29, 1.82) is 0 Å². The van der Waals surface area contributed by atoms with Crippen LogP contribution in [0.25, 0.3) is 0 Å². The molecule has 1 aliphatic heterocycles. The zero-order valence-electron chi connectivity index (χ0n) is 12.7. The van der Waals surface area contributed by atoms with Crippen molar-refractivity contribution in [3.05, 3.63) is 46.7 Å². The molecule has 2 heterocycles. The summed E-state index contributed by atoms with van der Waals surface area (Å²) in [5, 5.41) is 3.29. The molecule has 1 saturated heterocycles. The Morgan fingerprint density at radius 2 is 2.09 bits per heavy atom. The summed E-state index contributed by atoms with van der Waals surface area (Å²) in [6.45, 7) is 1.90. The number of amides is 2. The molecule has 1 aromatic heterocycles. The number of anilines is 1. The minimum Gasteiger partial charge on any atom is -0.338 e. The number of likely N-dealkylation sites (tertiary alicyclic amines) is 1. The van der Waals surface area contributed by atoms with E-state index in [2.05, 4.69) is 10.3 Å². The number of carbonyl (C=O) groups is 2. The molecule has 23 heavy (non-hydrogen) atoms. The number of thiazole rings is 1. The normalized spacial score (nSPS) is 20.8. The Labute approximate surface area is 137 Å². The standard InChI is InChI=1S/C16H16FN3O2S/c1-9-8-18-16(23-9)19-15(22)12-7-13(21)20(2)14(12)10-3-5-11(17)6-4-10/h3-6,8,12,14H,7H2,1-2H3,(H,18,19,22). The first kappa shape index (κ1) is 15.6. The van der Waals surface area contributed by atoms with Gasteiger partial charge in [0, 0.05) is 24.5 Å². The van der Waals surface area contributed by atoms with Gasteiger partial charge in [-0.1, -0.05) is 12.1 Å².